The Labute approximate surface area is 234 Å². The molecule has 1 aromatic heterocycles. The highest BCUT2D eigenvalue weighted by Crippen LogP contribution is 2.74. The largest absolute Gasteiger partial charge is 0.514 e. The van der Waals surface area contributed by atoms with Gasteiger partial charge in [-0.3, -0.25) is 10.1 Å². The van der Waals surface area contributed by atoms with E-state index in [1.54, 1.807) is 12.3 Å². The summed E-state index contributed by atoms with van der Waals surface area (Å²) in [6.45, 7) is 7.52. The molecule has 4 aliphatic rings. The Morgan fingerprint density at radius 3 is 2.38 bits per heavy atom. The Morgan fingerprint density at radius 1 is 0.925 bits per heavy atom. The van der Waals surface area contributed by atoms with Crippen molar-refractivity contribution in [3.63, 3.8) is 0 Å². The molecule has 0 unspecified atom stereocenters. The van der Waals surface area contributed by atoms with Gasteiger partial charge in [-0.15, -0.1) is 0 Å². The quantitative estimate of drug-likeness (QED) is 0.167. The Kier molecular flexibility index (Phi) is 6.58. The van der Waals surface area contributed by atoms with Crippen LogP contribution in [-0.2, 0) is 4.74 Å². The molecule has 0 amide bonds. The van der Waals surface area contributed by atoms with E-state index in [0.717, 1.165) is 32.1 Å². The van der Waals surface area contributed by atoms with Gasteiger partial charge in [-0.1, -0.05) is 20.8 Å². The Morgan fingerprint density at radius 2 is 1.68 bits per heavy atom. The highest BCUT2D eigenvalue weighted by molar-refractivity contribution is 5.64. The summed E-state index contributed by atoms with van der Waals surface area (Å²) in [4.78, 5) is 34.5. The topological polar surface area (TPSA) is 109 Å². The predicted molar refractivity (Wildman–Crippen MR) is 148 cm³/mol. The van der Waals surface area contributed by atoms with Gasteiger partial charge in [-0.2, -0.15) is 0 Å². The van der Waals surface area contributed by atoms with Gasteiger partial charge in [0.2, 0.25) is 0 Å². The van der Waals surface area contributed by atoms with Crippen LogP contribution in [0, 0.1) is 44.1 Å². The minimum absolute atomic E-state index is 0.0543. The van der Waals surface area contributed by atoms with Crippen LogP contribution in [0.2, 0.25) is 0 Å². The van der Waals surface area contributed by atoms with Crippen molar-refractivity contribution in [2.24, 2.45) is 34.0 Å². The summed E-state index contributed by atoms with van der Waals surface area (Å²) in [7, 11) is 0. The Balaban J connectivity index is 1.12. The SMILES string of the molecule is C[C@]12CC[C@H](OC(=O)Oc3ccc([N+](=O)[O-])cc3)C[C@H]1CC[C@@H]1[C@@H]2CC[C@]2(C)[C@@H](c3ccc(=O)oc3)CC[C@]12C. The third-order valence-electron chi connectivity index (χ3n) is 12.1. The molecule has 0 spiro atoms. The number of nitro benzene ring substituents is 1. The highest BCUT2D eigenvalue weighted by atomic mass is 16.7. The second-order valence-corrected chi connectivity index (χ2v) is 13.5. The van der Waals surface area contributed by atoms with E-state index in [1.165, 1.54) is 55.5 Å². The molecule has 214 valence electrons. The molecule has 0 radical (unpaired) electrons. The van der Waals surface area contributed by atoms with Crippen LogP contribution in [0.15, 0.2) is 51.9 Å². The molecule has 4 saturated carbocycles. The van der Waals surface area contributed by atoms with Crippen LogP contribution >= 0.6 is 0 Å². The van der Waals surface area contributed by atoms with Gasteiger partial charge >= 0.3 is 11.8 Å². The molecule has 1 heterocycles. The lowest BCUT2D eigenvalue weighted by atomic mass is 9.40. The number of carbonyl (C=O) groups excluding carboxylic acids is 1. The van der Waals surface area contributed by atoms with E-state index in [-0.39, 0.29) is 39.4 Å². The van der Waals surface area contributed by atoms with Crippen LogP contribution in [0.1, 0.15) is 90.0 Å². The van der Waals surface area contributed by atoms with Crippen molar-refractivity contribution in [3.8, 4) is 5.75 Å². The first-order chi connectivity index (χ1) is 19.0. The fourth-order valence-electron chi connectivity index (χ4n) is 9.72. The van der Waals surface area contributed by atoms with E-state index in [1.807, 2.05) is 6.07 Å². The summed E-state index contributed by atoms with van der Waals surface area (Å²) in [5.41, 5.74) is 1.48. The Bertz CT molecular complexity index is 1330. The highest BCUT2D eigenvalue weighted by Gasteiger charge is 2.65. The maximum absolute atomic E-state index is 12.5. The summed E-state index contributed by atoms with van der Waals surface area (Å²) in [5.74, 6) is 2.48. The van der Waals surface area contributed by atoms with Gasteiger partial charge in [0.05, 0.1) is 11.2 Å². The molecule has 8 heteroatoms. The molecule has 8 nitrogen and oxygen atoms in total. The van der Waals surface area contributed by atoms with Crippen molar-refractivity contribution < 1.29 is 23.6 Å². The van der Waals surface area contributed by atoms with Crippen molar-refractivity contribution in [3.05, 3.63) is 68.8 Å². The second-order valence-electron chi connectivity index (χ2n) is 13.5. The van der Waals surface area contributed by atoms with Crippen molar-refractivity contribution in [1.82, 2.24) is 0 Å². The number of hydrogen-bond acceptors (Lipinski definition) is 7. The average Bonchev–Trinajstić information content (AvgIpc) is 3.20. The standard InChI is InChI=1S/C32H39NO7/c1-30-15-12-24(40-29(35)39-23-8-6-22(7-9-23)33(36)37)18-21(30)5-10-27-26(30)14-17-31(2)25(13-16-32(27,31)3)20-4-11-28(34)38-19-20/h4,6-9,11,19,21,24-27H,5,10,12-18H2,1-3H3/t21-,24+,25-,26+,27-,30+,31-,32-/m1/s1. The number of fused-ring (bicyclic) bond motifs is 5. The van der Waals surface area contributed by atoms with E-state index in [9.17, 15) is 19.7 Å². The molecule has 0 aliphatic heterocycles. The van der Waals surface area contributed by atoms with Gasteiger partial charge < -0.3 is 13.9 Å². The van der Waals surface area contributed by atoms with Crippen molar-refractivity contribution in [2.45, 2.75) is 90.6 Å². The number of nitro groups is 1. The first kappa shape index (κ1) is 27.0. The van der Waals surface area contributed by atoms with Crippen LogP contribution in [0.5, 0.6) is 5.75 Å². The van der Waals surface area contributed by atoms with Gasteiger partial charge in [0, 0.05) is 18.2 Å². The number of hydrogen-bond donors (Lipinski definition) is 0. The van der Waals surface area contributed by atoms with Gasteiger partial charge in [-0.05, 0) is 121 Å². The fraction of sp³-hybridized carbons (Fsp3) is 0.625. The van der Waals surface area contributed by atoms with Gasteiger partial charge in [0.1, 0.15) is 11.9 Å². The monoisotopic (exact) mass is 549 g/mol. The van der Waals surface area contributed by atoms with Crippen LogP contribution in [0.25, 0.3) is 0 Å². The van der Waals surface area contributed by atoms with E-state index in [2.05, 4.69) is 20.8 Å². The maximum Gasteiger partial charge on any atom is 0.514 e. The Hall–Kier alpha value is -3.16. The molecule has 0 bridgehead atoms. The minimum atomic E-state index is -0.745. The molecule has 4 fully saturated rings. The number of carbonyl (C=O) groups is 1. The summed E-state index contributed by atoms with van der Waals surface area (Å²) in [5, 5.41) is 10.9. The first-order valence-electron chi connectivity index (χ1n) is 14.8. The molecule has 2 aromatic rings. The molecule has 40 heavy (non-hydrogen) atoms. The lowest BCUT2D eigenvalue weighted by Crippen LogP contribution is -2.57. The van der Waals surface area contributed by atoms with Gasteiger partial charge in [0.15, 0.2) is 0 Å². The zero-order valence-electron chi connectivity index (χ0n) is 23.6. The summed E-state index contributed by atoms with van der Waals surface area (Å²) >= 11 is 0. The van der Waals surface area contributed by atoms with Crippen LogP contribution in [0.4, 0.5) is 10.5 Å². The number of ether oxygens (including phenoxy) is 2. The minimum Gasteiger partial charge on any atom is -0.431 e. The van der Waals surface area contributed by atoms with Gasteiger partial charge in [0.25, 0.3) is 5.69 Å². The van der Waals surface area contributed by atoms with E-state index in [0.29, 0.717) is 23.7 Å². The van der Waals surface area contributed by atoms with Crippen LogP contribution in [0.3, 0.4) is 0 Å². The van der Waals surface area contributed by atoms with E-state index < -0.39 is 11.1 Å². The zero-order valence-corrected chi connectivity index (χ0v) is 23.6. The number of nitrogens with zero attached hydrogens (tertiary/aromatic N) is 1. The number of rotatable bonds is 4. The van der Waals surface area contributed by atoms with Crippen LogP contribution < -0.4 is 10.4 Å². The third kappa shape index (κ3) is 4.25. The summed E-state index contributed by atoms with van der Waals surface area (Å²) in [6, 6.07) is 8.99. The maximum atomic E-state index is 12.5. The molecular formula is C32H39NO7. The predicted octanol–water partition coefficient (Wildman–Crippen LogP) is 7.65. The van der Waals surface area contributed by atoms with Crippen molar-refractivity contribution >= 4 is 11.8 Å². The lowest BCUT2D eigenvalue weighted by molar-refractivity contribution is -0.384. The second kappa shape index (κ2) is 9.74. The third-order valence-corrected chi connectivity index (χ3v) is 12.1. The number of non-ortho nitro benzene ring substituents is 1. The first-order valence-corrected chi connectivity index (χ1v) is 14.8. The van der Waals surface area contributed by atoms with E-state index >= 15 is 0 Å². The molecular weight excluding hydrogens is 510 g/mol. The van der Waals surface area contributed by atoms with Crippen LogP contribution in [-0.4, -0.2) is 17.2 Å². The summed E-state index contributed by atoms with van der Waals surface area (Å²) in [6.07, 6.45) is 10.6. The molecule has 6 rings (SSSR count). The molecule has 1 aromatic carbocycles. The smallest absolute Gasteiger partial charge is 0.431 e. The molecule has 4 aliphatic carbocycles. The average molecular weight is 550 g/mol. The lowest BCUT2D eigenvalue weighted by Gasteiger charge is -2.64. The molecule has 0 saturated heterocycles. The summed E-state index contributed by atoms with van der Waals surface area (Å²) < 4.78 is 16.4. The normalized spacial score (nSPS) is 38.4. The molecule has 8 atom stereocenters. The zero-order chi connectivity index (χ0) is 28.3. The van der Waals surface area contributed by atoms with Crippen molar-refractivity contribution in [2.75, 3.05) is 0 Å². The van der Waals surface area contributed by atoms with Crippen molar-refractivity contribution in [1.29, 1.82) is 0 Å². The fourth-order valence-corrected chi connectivity index (χ4v) is 9.72. The van der Waals surface area contributed by atoms with Gasteiger partial charge in [-0.25, -0.2) is 9.59 Å². The van der Waals surface area contributed by atoms with E-state index in [4.69, 9.17) is 13.9 Å². The number of benzene rings is 1. The molecule has 0 N–H and O–H groups in total.